The molecule has 5 rings (SSSR count). The van der Waals surface area contributed by atoms with Gasteiger partial charge in [-0.3, -0.25) is 14.5 Å². The molecule has 8 nitrogen and oxygen atoms in total. The Kier molecular flexibility index (Phi) is 6.45. The Balaban J connectivity index is 1.48. The highest BCUT2D eigenvalue weighted by molar-refractivity contribution is 5.96. The second-order valence-corrected chi connectivity index (χ2v) is 8.77. The Morgan fingerprint density at radius 1 is 0.972 bits per heavy atom. The van der Waals surface area contributed by atoms with E-state index in [1.807, 2.05) is 16.8 Å². The summed E-state index contributed by atoms with van der Waals surface area (Å²) in [5.74, 6) is -0.352. The number of ether oxygens (including phenoxy) is 3. The van der Waals surface area contributed by atoms with Crippen molar-refractivity contribution in [3.63, 3.8) is 0 Å². The fourth-order valence-corrected chi connectivity index (χ4v) is 4.78. The summed E-state index contributed by atoms with van der Waals surface area (Å²) in [5.41, 5.74) is 2.41. The van der Waals surface area contributed by atoms with E-state index >= 15 is 0 Å². The maximum absolute atomic E-state index is 14.5. The van der Waals surface area contributed by atoms with Gasteiger partial charge in [0.25, 0.3) is 0 Å². The van der Waals surface area contributed by atoms with Crippen molar-refractivity contribution in [2.45, 2.75) is 31.7 Å². The molecular formula is C27H26FN3O5. The number of hydrogen-bond donors (Lipinski definition) is 1. The number of rotatable bonds is 7. The van der Waals surface area contributed by atoms with E-state index in [-0.39, 0.29) is 23.5 Å². The average Bonchev–Trinajstić information content (AvgIpc) is 3.30. The monoisotopic (exact) mass is 491 g/mol. The minimum absolute atomic E-state index is 0.0618. The number of nitrogens with zero attached hydrogens (tertiary/aromatic N) is 3. The van der Waals surface area contributed by atoms with Crippen molar-refractivity contribution in [1.82, 2.24) is 14.8 Å². The van der Waals surface area contributed by atoms with E-state index < -0.39 is 11.8 Å². The van der Waals surface area contributed by atoms with E-state index in [1.54, 1.807) is 37.7 Å². The maximum Gasteiger partial charge on any atom is 0.306 e. The van der Waals surface area contributed by atoms with Crippen LogP contribution in [-0.4, -0.2) is 40.1 Å². The lowest BCUT2D eigenvalue weighted by atomic mass is 9.86. The van der Waals surface area contributed by atoms with Gasteiger partial charge < -0.3 is 19.3 Å². The number of aliphatic carboxylic acids is 1. The Labute approximate surface area is 207 Å². The first-order valence-electron chi connectivity index (χ1n) is 11.7. The average molecular weight is 492 g/mol. The number of carboxylic acids is 1. The predicted octanol–water partition coefficient (Wildman–Crippen LogP) is 5.86. The SMILES string of the molecule is COc1cccc(Oc2ccc(-c3nn(C4CCC(C(=O)O)CC4)c4c(OC)cncc34)cc2)c1F. The summed E-state index contributed by atoms with van der Waals surface area (Å²) in [7, 11) is 3.00. The zero-order valence-electron chi connectivity index (χ0n) is 20.0. The van der Waals surface area contributed by atoms with E-state index in [0.717, 1.165) is 35.0 Å². The van der Waals surface area contributed by atoms with Crippen LogP contribution in [0, 0.1) is 11.7 Å². The minimum atomic E-state index is -0.739. The molecule has 0 unspecified atom stereocenters. The number of halogens is 1. The molecule has 2 aromatic carbocycles. The highest BCUT2D eigenvalue weighted by Gasteiger charge is 2.29. The Hall–Kier alpha value is -4.14. The van der Waals surface area contributed by atoms with Crippen molar-refractivity contribution in [1.29, 1.82) is 0 Å². The van der Waals surface area contributed by atoms with E-state index in [1.165, 1.54) is 19.2 Å². The molecule has 1 N–H and O–H groups in total. The fraction of sp³-hybridized carbons (Fsp3) is 0.296. The first kappa shape index (κ1) is 23.6. The molecule has 0 amide bonds. The standard InChI is InChI=1S/C27H26FN3O5/c1-34-21-4-3-5-22(24(21)28)36-19-12-8-16(9-13-19)25-20-14-29-15-23(35-2)26(20)31(30-25)18-10-6-17(7-11-18)27(32)33/h3-5,8-9,12-15,17-18H,6-7,10-11H2,1-2H3,(H,32,33). The summed E-state index contributed by atoms with van der Waals surface area (Å²) < 4.78 is 32.8. The topological polar surface area (TPSA) is 95.7 Å². The number of hydrogen-bond acceptors (Lipinski definition) is 6. The lowest BCUT2D eigenvalue weighted by Crippen LogP contribution is -2.24. The molecule has 0 radical (unpaired) electrons. The number of fused-ring (bicyclic) bond motifs is 1. The largest absolute Gasteiger partial charge is 0.494 e. The number of carbonyl (C=O) groups is 1. The third-order valence-corrected chi connectivity index (χ3v) is 6.69. The molecule has 186 valence electrons. The van der Waals surface area contributed by atoms with Crippen LogP contribution in [0.3, 0.4) is 0 Å². The summed E-state index contributed by atoms with van der Waals surface area (Å²) in [6.45, 7) is 0. The number of benzene rings is 2. The number of carboxylic acid groups (broad SMARTS) is 1. The van der Waals surface area contributed by atoms with Crippen molar-refractivity contribution < 1.29 is 28.5 Å². The van der Waals surface area contributed by atoms with Gasteiger partial charge in [-0.25, -0.2) is 0 Å². The molecule has 1 fully saturated rings. The van der Waals surface area contributed by atoms with Crippen molar-refractivity contribution in [2.75, 3.05) is 14.2 Å². The van der Waals surface area contributed by atoms with E-state index in [9.17, 15) is 14.3 Å². The van der Waals surface area contributed by atoms with Gasteiger partial charge in [-0.05, 0) is 62.1 Å². The lowest BCUT2D eigenvalue weighted by molar-refractivity contribution is -0.143. The highest BCUT2D eigenvalue weighted by atomic mass is 19.1. The van der Waals surface area contributed by atoms with Crippen LogP contribution in [0.1, 0.15) is 31.7 Å². The number of aromatic nitrogens is 3. The van der Waals surface area contributed by atoms with Crippen LogP contribution in [0.25, 0.3) is 22.2 Å². The van der Waals surface area contributed by atoms with Crippen LogP contribution < -0.4 is 14.2 Å². The summed E-state index contributed by atoms with van der Waals surface area (Å²) >= 11 is 0. The molecule has 1 aliphatic carbocycles. The first-order chi connectivity index (χ1) is 17.5. The highest BCUT2D eigenvalue weighted by Crippen LogP contribution is 2.40. The quantitative estimate of drug-likeness (QED) is 0.346. The van der Waals surface area contributed by atoms with Crippen molar-refractivity contribution in [2.24, 2.45) is 5.92 Å². The Morgan fingerprint density at radius 3 is 2.33 bits per heavy atom. The molecule has 2 heterocycles. The summed E-state index contributed by atoms with van der Waals surface area (Å²) in [6, 6.07) is 12.0. The second kappa shape index (κ2) is 9.85. The molecule has 0 atom stereocenters. The zero-order chi connectivity index (χ0) is 25.2. The van der Waals surface area contributed by atoms with Crippen molar-refractivity contribution in [3.05, 3.63) is 60.7 Å². The Morgan fingerprint density at radius 2 is 1.67 bits per heavy atom. The van der Waals surface area contributed by atoms with Crippen LogP contribution in [-0.2, 0) is 4.79 Å². The second-order valence-electron chi connectivity index (χ2n) is 8.77. The predicted molar refractivity (Wildman–Crippen MR) is 131 cm³/mol. The fourth-order valence-electron chi connectivity index (χ4n) is 4.78. The van der Waals surface area contributed by atoms with Gasteiger partial charge in [0.15, 0.2) is 17.2 Å². The van der Waals surface area contributed by atoms with Crippen LogP contribution in [0.2, 0.25) is 0 Å². The Bertz CT molecular complexity index is 1390. The summed E-state index contributed by atoms with van der Waals surface area (Å²) in [5, 5.41) is 15.2. The van der Waals surface area contributed by atoms with E-state index in [2.05, 4.69) is 4.98 Å². The maximum atomic E-state index is 14.5. The van der Waals surface area contributed by atoms with E-state index in [4.69, 9.17) is 19.3 Å². The van der Waals surface area contributed by atoms with Crippen molar-refractivity contribution in [3.8, 4) is 34.3 Å². The molecule has 2 aromatic heterocycles. The van der Waals surface area contributed by atoms with Gasteiger partial charge in [0.1, 0.15) is 17.0 Å². The van der Waals surface area contributed by atoms with Crippen LogP contribution >= 0.6 is 0 Å². The number of methoxy groups -OCH3 is 2. The third kappa shape index (κ3) is 4.32. The van der Waals surface area contributed by atoms with Gasteiger partial charge in [-0.2, -0.15) is 9.49 Å². The van der Waals surface area contributed by atoms with Gasteiger partial charge in [0, 0.05) is 11.8 Å². The van der Waals surface area contributed by atoms with Crippen LogP contribution in [0.5, 0.6) is 23.0 Å². The lowest BCUT2D eigenvalue weighted by Gasteiger charge is -2.27. The molecule has 0 bridgehead atoms. The van der Waals surface area contributed by atoms with Crippen molar-refractivity contribution >= 4 is 16.9 Å². The van der Waals surface area contributed by atoms with Gasteiger partial charge >= 0.3 is 5.97 Å². The molecule has 1 aliphatic rings. The molecule has 36 heavy (non-hydrogen) atoms. The normalized spacial score (nSPS) is 17.6. The molecule has 9 heteroatoms. The van der Waals surface area contributed by atoms with E-state index in [0.29, 0.717) is 24.3 Å². The zero-order valence-corrected chi connectivity index (χ0v) is 20.0. The van der Waals surface area contributed by atoms with Crippen LogP contribution in [0.15, 0.2) is 54.9 Å². The van der Waals surface area contributed by atoms with Crippen LogP contribution in [0.4, 0.5) is 4.39 Å². The summed E-state index contributed by atoms with van der Waals surface area (Å²) in [4.78, 5) is 15.7. The smallest absolute Gasteiger partial charge is 0.306 e. The molecule has 4 aromatic rings. The van der Waals surface area contributed by atoms with Gasteiger partial charge in [0.2, 0.25) is 5.82 Å². The number of pyridine rings is 1. The molecule has 0 aliphatic heterocycles. The first-order valence-corrected chi connectivity index (χ1v) is 11.7. The van der Waals surface area contributed by atoms with Gasteiger partial charge in [0.05, 0.1) is 37.8 Å². The molecule has 1 saturated carbocycles. The molecular weight excluding hydrogens is 465 g/mol. The third-order valence-electron chi connectivity index (χ3n) is 6.69. The van der Waals surface area contributed by atoms with Gasteiger partial charge in [-0.15, -0.1) is 0 Å². The summed E-state index contributed by atoms with van der Waals surface area (Å²) in [6.07, 6.45) is 6.07. The molecule has 0 spiro atoms. The molecule has 0 saturated heterocycles. The minimum Gasteiger partial charge on any atom is -0.494 e. The van der Waals surface area contributed by atoms with Gasteiger partial charge in [-0.1, -0.05) is 6.07 Å².